The third kappa shape index (κ3) is 3.14. The fraction of sp³-hybridized carbons (Fsp3) is 0.529. The van der Waals surface area contributed by atoms with E-state index in [1.807, 2.05) is 16.9 Å². The molecule has 0 amide bonds. The number of nitrogens with one attached hydrogen (secondary N) is 1. The Bertz CT molecular complexity index is 869. The van der Waals surface area contributed by atoms with Crippen molar-refractivity contribution in [2.24, 2.45) is 5.92 Å². The molecule has 1 N–H and O–H groups in total. The second-order valence-electron chi connectivity index (χ2n) is 7.02. The lowest BCUT2D eigenvalue weighted by molar-refractivity contribution is 0.190. The first-order chi connectivity index (χ1) is 12.1. The number of rotatable bonds is 4. The maximum Gasteiger partial charge on any atom is 0.259 e. The Kier molecular flexibility index (Phi) is 4.22. The molecule has 132 valence electrons. The molecule has 0 saturated carbocycles. The van der Waals surface area contributed by atoms with Gasteiger partial charge in [0.05, 0.1) is 17.8 Å². The summed E-state index contributed by atoms with van der Waals surface area (Å²) in [4.78, 5) is 11.4. The summed E-state index contributed by atoms with van der Waals surface area (Å²) >= 11 is 0. The number of hydrogen-bond donors (Lipinski definition) is 1. The van der Waals surface area contributed by atoms with Crippen LogP contribution in [0, 0.1) is 5.92 Å². The highest BCUT2D eigenvalue weighted by atomic mass is 16.5. The third-order valence-corrected chi connectivity index (χ3v) is 4.51. The summed E-state index contributed by atoms with van der Waals surface area (Å²) in [6, 6.07) is 2.14. The number of nitrogens with zero attached hydrogens (tertiary/aromatic N) is 6. The first kappa shape index (κ1) is 16.2. The number of aromatic nitrogens is 5. The van der Waals surface area contributed by atoms with E-state index in [0.29, 0.717) is 17.6 Å². The number of fused-ring (bicyclic) bond motifs is 1. The molecule has 0 radical (unpaired) electrons. The van der Waals surface area contributed by atoms with E-state index < -0.39 is 0 Å². The van der Waals surface area contributed by atoms with Gasteiger partial charge in [-0.25, -0.2) is 9.67 Å². The molecule has 1 unspecified atom stereocenters. The number of pyridine rings is 1. The second-order valence-corrected chi connectivity index (χ2v) is 7.02. The van der Waals surface area contributed by atoms with Gasteiger partial charge in [0.2, 0.25) is 0 Å². The molecule has 25 heavy (non-hydrogen) atoms. The second kappa shape index (κ2) is 6.53. The lowest BCUT2D eigenvalue weighted by Crippen LogP contribution is -2.44. The Morgan fingerprint density at radius 1 is 1.36 bits per heavy atom. The Morgan fingerprint density at radius 3 is 3.04 bits per heavy atom. The first-order valence-corrected chi connectivity index (χ1v) is 8.68. The molecule has 4 heterocycles. The van der Waals surface area contributed by atoms with Crippen molar-refractivity contribution in [3.63, 3.8) is 0 Å². The summed E-state index contributed by atoms with van der Waals surface area (Å²) in [6.45, 7) is 7.96. The molecule has 3 aromatic rings. The van der Waals surface area contributed by atoms with E-state index in [9.17, 15) is 0 Å². The molecule has 3 aromatic heterocycles. The van der Waals surface area contributed by atoms with Gasteiger partial charge in [-0.1, -0.05) is 19.0 Å². The number of piperazine rings is 1. The minimum absolute atomic E-state index is 0.136. The van der Waals surface area contributed by atoms with Crippen LogP contribution in [0.25, 0.3) is 22.5 Å². The Labute approximate surface area is 146 Å². The van der Waals surface area contributed by atoms with E-state index in [1.165, 1.54) is 0 Å². The molecule has 1 atom stereocenters. The van der Waals surface area contributed by atoms with E-state index in [0.717, 1.165) is 42.8 Å². The maximum absolute atomic E-state index is 5.49. The summed E-state index contributed by atoms with van der Waals surface area (Å²) in [5, 5.41) is 13.0. The van der Waals surface area contributed by atoms with Crippen molar-refractivity contribution < 1.29 is 4.52 Å². The molecular formula is C17H23N7O. The van der Waals surface area contributed by atoms with Gasteiger partial charge in [0.15, 0.2) is 11.5 Å². The molecule has 8 heteroatoms. The molecule has 1 saturated heterocycles. The van der Waals surface area contributed by atoms with Crippen LogP contribution in [0.15, 0.2) is 23.0 Å². The smallest absolute Gasteiger partial charge is 0.259 e. The zero-order valence-corrected chi connectivity index (χ0v) is 14.8. The Balaban J connectivity index is 1.62. The van der Waals surface area contributed by atoms with Gasteiger partial charge in [-0.3, -0.25) is 4.90 Å². The molecule has 1 fully saturated rings. The molecular weight excluding hydrogens is 318 g/mol. The van der Waals surface area contributed by atoms with Gasteiger partial charge in [0.25, 0.3) is 5.89 Å². The molecule has 0 aromatic carbocycles. The fourth-order valence-corrected chi connectivity index (χ4v) is 3.15. The van der Waals surface area contributed by atoms with Gasteiger partial charge in [0, 0.05) is 37.8 Å². The van der Waals surface area contributed by atoms with Gasteiger partial charge in [-0.2, -0.15) is 10.1 Å². The van der Waals surface area contributed by atoms with E-state index >= 15 is 0 Å². The van der Waals surface area contributed by atoms with Crippen LogP contribution >= 0.6 is 0 Å². The zero-order chi connectivity index (χ0) is 17.4. The predicted molar refractivity (Wildman–Crippen MR) is 93.9 cm³/mol. The Morgan fingerprint density at radius 2 is 2.24 bits per heavy atom. The molecule has 0 spiro atoms. The van der Waals surface area contributed by atoms with E-state index in [2.05, 4.69) is 51.3 Å². The van der Waals surface area contributed by atoms with Crippen molar-refractivity contribution in [1.29, 1.82) is 0 Å². The van der Waals surface area contributed by atoms with Gasteiger partial charge in [-0.15, -0.1) is 0 Å². The summed E-state index contributed by atoms with van der Waals surface area (Å²) in [5.41, 5.74) is 1.70. The third-order valence-electron chi connectivity index (χ3n) is 4.51. The fourth-order valence-electron chi connectivity index (χ4n) is 3.15. The standard InChI is InChI=1S/C17H23N7O/c1-11(2)10-24-16-12(8-20-24)6-13(7-19-16)17-21-15(22-25-17)14-9-18-4-5-23(14)3/h6-8,11,14,18H,4-5,9-10H2,1-3H3. The average molecular weight is 341 g/mol. The first-order valence-electron chi connectivity index (χ1n) is 8.68. The van der Waals surface area contributed by atoms with Crippen LogP contribution in [-0.4, -0.2) is 56.5 Å². The predicted octanol–water partition coefficient (Wildman–Crippen LogP) is 1.71. The summed E-state index contributed by atoms with van der Waals surface area (Å²) in [5.74, 6) is 1.73. The van der Waals surface area contributed by atoms with Crippen molar-refractivity contribution in [3.05, 3.63) is 24.3 Å². The lowest BCUT2D eigenvalue weighted by Gasteiger charge is -2.30. The topological polar surface area (TPSA) is 84.9 Å². The highest BCUT2D eigenvalue weighted by molar-refractivity contribution is 5.79. The van der Waals surface area contributed by atoms with Crippen LogP contribution in [0.5, 0.6) is 0 Å². The van der Waals surface area contributed by atoms with Crippen LogP contribution in [0.3, 0.4) is 0 Å². The van der Waals surface area contributed by atoms with Crippen LogP contribution in [-0.2, 0) is 6.54 Å². The van der Waals surface area contributed by atoms with Crippen molar-refractivity contribution in [2.45, 2.75) is 26.4 Å². The monoisotopic (exact) mass is 341 g/mol. The van der Waals surface area contributed by atoms with E-state index in [-0.39, 0.29) is 6.04 Å². The molecule has 4 rings (SSSR count). The summed E-state index contributed by atoms with van der Waals surface area (Å²) < 4.78 is 7.43. The van der Waals surface area contributed by atoms with E-state index in [4.69, 9.17) is 4.52 Å². The summed E-state index contributed by atoms with van der Waals surface area (Å²) in [6.07, 6.45) is 3.62. The molecule has 8 nitrogen and oxygen atoms in total. The van der Waals surface area contributed by atoms with Crippen molar-refractivity contribution in [2.75, 3.05) is 26.7 Å². The van der Waals surface area contributed by atoms with Gasteiger partial charge >= 0.3 is 0 Å². The van der Waals surface area contributed by atoms with Crippen LogP contribution in [0.4, 0.5) is 0 Å². The quantitative estimate of drug-likeness (QED) is 0.773. The van der Waals surface area contributed by atoms with Gasteiger partial charge in [0.1, 0.15) is 0 Å². The van der Waals surface area contributed by atoms with Crippen LogP contribution in [0.2, 0.25) is 0 Å². The van der Waals surface area contributed by atoms with Crippen LogP contribution < -0.4 is 5.32 Å². The minimum Gasteiger partial charge on any atom is -0.334 e. The molecule has 1 aliphatic rings. The number of likely N-dealkylation sites (N-methyl/N-ethyl adjacent to an activating group) is 1. The maximum atomic E-state index is 5.49. The van der Waals surface area contributed by atoms with Crippen LogP contribution in [0.1, 0.15) is 25.7 Å². The van der Waals surface area contributed by atoms with Crippen molar-refractivity contribution in [3.8, 4) is 11.5 Å². The average Bonchev–Trinajstić information content (AvgIpc) is 3.22. The highest BCUT2D eigenvalue weighted by Crippen LogP contribution is 2.24. The van der Waals surface area contributed by atoms with Gasteiger partial charge in [-0.05, 0) is 19.0 Å². The zero-order valence-electron chi connectivity index (χ0n) is 14.8. The number of hydrogen-bond acceptors (Lipinski definition) is 7. The largest absolute Gasteiger partial charge is 0.334 e. The molecule has 1 aliphatic heterocycles. The highest BCUT2D eigenvalue weighted by Gasteiger charge is 2.25. The van der Waals surface area contributed by atoms with E-state index in [1.54, 1.807) is 6.20 Å². The Hall–Kier alpha value is -2.32. The summed E-state index contributed by atoms with van der Waals surface area (Å²) in [7, 11) is 2.08. The van der Waals surface area contributed by atoms with Crippen molar-refractivity contribution in [1.82, 2.24) is 35.1 Å². The van der Waals surface area contributed by atoms with Gasteiger partial charge < -0.3 is 9.84 Å². The molecule has 0 aliphatic carbocycles. The normalized spacial score (nSPS) is 19.1. The SMILES string of the molecule is CC(C)Cn1ncc2cc(-c3nc(C4CNCCN4C)no3)cnc21. The lowest BCUT2D eigenvalue weighted by atomic mass is 10.2. The molecule has 0 bridgehead atoms. The van der Waals surface area contributed by atoms with Crippen molar-refractivity contribution >= 4 is 11.0 Å². The minimum atomic E-state index is 0.136.